The van der Waals surface area contributed by atoms with E-state index in [-0.39, 0.29) is 24.7 Å². The van der Waals surface area contributed by atoms with Gasteiger partial charge < -0.3 is 25.8 Å². The number of aromatic carboxylic acids is 1. The maximum absolute atomic E-state index is 11.4. The highest BCUT2D eigenvalue weighted by molar-refractivity contribution is 7.09. The van der Waals surface area contributed by atoms with Crippen LogP contribution in [0.1, 0.15) is 15.5 Å². The Labute approximate surface area is 124 Å². The molecule has 0 aliphatic heterocycles. The SMILES string of the molecule is COCCNC(=O)CNC(=O)NCc1nc(C(=O)O)cs1. The van der Waals surface area contributed by atoms with Crippen LogP contribution in [-0.2, 0) is 16.1 Å². The van der Waals surface area contributed by atoms with Crippen molar-refractivity contribution in [1.29, 1.82) is 0 Å². The minimum absolute atomic E-state index is 0.0604. The molecule has 3 amide bonds. The van der Waals surface area contributed by atoms with Crippen molar-refractivity contribution in [2.24, 2.45) is 0 Å². The van der Waals surface area contributed by atoms with E-state index in [1.54, 1.807) is 0 Å². The van der Waals surface area contributed by atoms with Crippen molar-refractivity contribution in [3.63, 3.8) is 0 Å². The van der Waals surface area contributed by atoms with Gasteiger partial charge in [0.15, 0.2) is 5.69 Å². The van der Waals surface area contributed by atoms with Crippen LogP contribution in [0, 0.1) is 0 Å². The van der Waals surface area contributed by atoms with Gasteiger partial charge in [-0.3, -0.25) is 4.79 Å². The zero-order valence-electron chi connectivity index (χ0n) is 11.3. The number of rotatable bonds is 8. The Kier molecular flexibility index (Phi) is 7.12. The Morgan fingerprint density at radius 2 is 2.10 bits per heavy atom. The Hall–Kier alpha value is -2.20. The van der Waals surface area contributed by atoms with Crippen molar-refractivity contribution < 1.29 is 24.2 Å². The fraction of sp³-hybridized carbons (Fsp3) is 0.455. The highest BCUT2D eigenvalue weighted by atomic mass is 32.1. The number of carbonyl (C=O) groups is 3. The van der Waals surface area contributed by atoms with Gasteiger partial charge in [-0.1, -0.05) is 0 Å². The van der Waals surface area contributed by atoms with Gasteiger partial charge in [-0.2, -0.15) is 0 Å². The summed E-state index contributed by atoms with van der Waals surface area (Å²) in [6.45, 7) is 0.701. The standard InChI is InChI=1S/C11H16N4O5S/c1-20-3-2-12-8(16)4-13-11(19)14-5-9-15-7(6-21-9)10(17)18/h6H,2-5H2,1H3,(H,12,16)(H,17,18)(H2,13,14,19). The van der Waals surface area contributed by atoms with Crippen LogP contribution in [-0.4, -0.2) is 54.8 Å². The summed E-state index contributed by atoms with van der Waals surface area (Å²) in [7, 11) is 1.52. The molecule has 0 saturated carbocycles. The Morgan fingerprint density at radius 1 is 1.33 bits per heavy atom. The van der Waals surface area contributed by atoms with Gasteiger partial charge in [0, 0.05) is 19.0 Å². The first kappa shape index (κ1) is 16.9. The van der Waals surface area contributed by atoms with E-state index in [1.165, 1.54) is 12.5 Å². The molecule has 9 nitrogen and oxygen atoms in total. The van der Waals surface area contributed by atoms with Crippen molar-refractivity contribution in [2.75, 3.05) is 26.8 Å². The minimum atomic E-state index is -1.12. The highest BCUT2D eigenvalue weighted by Gasteiger charge is 2.10. The topological polar surface area (TPSA) is 130 Å². The number of aromatic nitrogens is 1. The molecule has 1 heterocycles. The number of nitrogens with zero attached hydrogens (tertiary/aromatic N) is 1. The fourth-order valence-corrected chi connectivity index (χ4v) is 1.93. The number of hydrogen-bond donors (Lipinski definition) is 4. The summed E-state index contributed by atoms with van der Waals surface area (Å²) in [6, 6.07) is -0.538. The van der Waals surface area contributed by atoms with Gasteiger partial charge >= 0.3 is 12.0 Å². The average Bonchev–Trinajstić information content (AvgIpc) is 2.92. The van der Waals surface area contributed by atoms with Gasteiger partial charge in [-0.05, 0) is 0 Å². The van der Waals surface area contributed by atoms with E-state index in [2.05, 4.69) is 20.9 Å². The average molecular weight is 316 g/mol. The molecule has 1 aromatic heterocycles. The lowest BCUT2D eigenvalue weighted by atomic mass is 10.5. The number of carboxylic acids is 1. The number of methoxy groups -OCH3 is 1. The van der Waals surface area contributed by atoms with Gasteiger partial charge in [-0.25, -0.2) is 14.6 Å². The highest BCUT2D eigenvalue weighted by Crippen LogP contribution is 2.08. The van der Waals surface area contributed by atoms with E-state index >= 15 is 0 Å². The number of urea groups is 1. The summed E-state index contributed by atoms with van der Waals surface area (Å²) in [6.07, 6.45) is 0. The first-order valence-electron chi connectivity index (χ1n) is 5.98. The van der Waals surface area contributed by atoms with Gasteiger partial charge in [0.05, 0.1) is 19.7 Å². The lowest BCUT2D eigenvalue weighted by Gasteiger charge is -2.07. The molecule has 0 aromatic carbocycles. The van der Waals surface area contributed by atoms with Crippen molar-refractivity contribution in [3.8, 4) is 0 Å². The molecule has 0 fully saturated rings. The zero-order chi connectivity index (χ0) is 15.7. The molecule has 116 valence electrons. The molecule has 21 heavy (non-hydrogen) atoms. The predicted molar refractivity (Wildman–Crippen MR) is 74.2 cm³/mol. The Bertz CT molecular complexity index is 505. The molecule has 1 aromatic rings. The van der Waals surface area contributed by atoms with Crippen molar-refractivity contribution in [1.82, 2.24) is 20.9 Å². The molecule has 0 atom stereocenters. The molecule has 0 spiro atoms. The Balaban J connectivity index is 2.21. The van der Waals surface area contributed by atoms with Crippen molar-refractivity contribution in [3.05, 3.63) is 16.1 Å². The van der Waals surface area contributed by atoms with Gasteiger partial charge in [0.25, 0.3) is 0 Å². The normalized spacial score (nSPS) is 9.95. The van der Waals surface area contributed by atoms with E-state index in [0.717, 1.165) is 11.3 Å². The van der Waals surface area contributed by atoms with E-state index < -0.39 is 12.0 Å². The fourth-order valence-electron chi connectivity index (χ4n) is 1.22. The third kappa shape index (κ3) is 6.68. The monoisotopic (exact) mass is 316 g/mol. The third-order valence-electron chi connectivity index (χ3n) is 2.21. The minimum Gasteiger partial charge on any atom is -0.476 e. The van der Waals surface area contributed by atoms with Gasteiger partial charge in [0.2, 0.25) is 5.91 Å². The van der Waals surface area contributed by atoms with E-state index in [0.29, 0.717) is 18.2 Å². The van der Waals surface area contributed by atoms with Crippen LogP contribution in [0.3, 0.4) is 0 Å². The largest absolute Gasteiger partial charge is 0.476 e. The number of amides is 3. The van der Waals surface area contributed by atoms with Gasteiger partial charge in [0.1, 0.15) is 5.01 Å². The van der Waals surface area contributed by atoms with Crippen LogP contribution in [0.2, 0.25) is 0 Å². The molecule has 0 unspecified atom stereocenters. The smallest absolute Gasteiger partial charge is 0.355 e. The van der Waals surface area contributed by atoms with Crippen molar-refractivity contribution >= 4 is 29.2 Å². The molecule has 0 bridgehead atoms. The molecule has 4 N–H and O–H groups in total. The first-order valence-corrected chi connectivity index (χ1v) is 6.86. The zero-order valence-corrected chi connectivity index (χ0v) is 12.2. The molecule has 0 aliphatic rings. The second-order valence-electron chi connectivity index (χ2n) is 3.81. The Morgan fingerprint density at radius 3 is 2.71 bits per heavy atom. The van der Waals surface area contributed by atoms with Crippen LogP contribution in [0.5, 0.6) is 0 Å². The van der Waals surface area contributed by atoms with E-state index in [9.17, 15) is 14.4 Å². The van der Waals surface area contributed by atoms with E-state index in [1.807, 2.05) is 0 Å². The molecular formula is C11H16N4O5S. The maximum atomic E-state index is 11.4. The number of nitrogens with one attached hydrogen (secondary N) is 3. The summed E-state index contributed by atoms with van der Waals surface area (Å²) < 4.78 is 4.76. The second kappa shape index (κ2) is 8.87. The van der Waals surface area contributed by atoms with Crippen LogP contribution in [0.25, 0.3) is 0 Å². The molecule has 10 heteroatoms. The second-order valence-corrected chi connectivity index (χ2v) is 4.75. The van der Waals surface area contributed by atoms with E-state index in [4.69, 9.17) is 9.84 Å². The predicted octanol–water partition coefficient (Wildman–Crippen LogP) is -0.597. The summed E-state index contributed by atoms with van der Waals surface area (Å²) in [5.74, 6) is -1.45. The van der Waals surface area contributed by atoms with Crippen molar-refractivity contribution in [2.45, 2.75) is 6.54 Å². The number of thiazole rings is 1. The number of ether oxygens (including phenoxy) is 1. The van der Waals surface area contributed by atoms with Gasteiger partial charge in [-0.15, -0.1) is 11.3 Å². The summed E-state index contributed by atoms with van der Waals surface area (Å²) in [5, 5.41) is 17.9. The summed E-state index contributed by atoms with van der Waals surface area (Å²) in [4.78, 5) is 37.2. The molecule has 0 aliphatic carbocycles. The quantitative estimate of drug-likeness (QED) is 0.474. The third-order valence-corrected chi connectivity index (χ3v) is 3.06. The molecule has 1 rings (SSSR count). The number of carbonyl (C=O) groups excluding carboxylic acids is 2. The maximum Gasteiger partial charge on any atom is 0.355 e. The number of hydrogen-bond acceptors (Lipinski definition) is 6. The first-order chi connectivity index (χ1) is 10.0. The molecular weight excluding hydrogens is 300 g/mol. The lowest BCUT2D eigenvalue weighted by molar-refractivity contribution is -0.120. The molecule has 0 saturated heterocycles. The number of carboxylic acid groups (broad SMARTS) is 1. The summed E-state index contributed by atoms with van der Waals surface area (Å²) in [5.41, 5.74) is -0.0604. The lowest BCUT2D eigenvalue weighted by Crippen LogP contribution is -2.42. The van der Waals surface area contributed by atoms with Crippen LogP contribution in [0.15, 0.2) is 5.38 Å². The van der Waals surface area contributed by atoms with Crippen LogP contribution in [0.4, 0.5) is 4.79 Å². The molecule has 0 radical (unpaired) electrons. The van der Waals surface area contributed by atoms with Crippen LogP contribution < -0.4 is 16.0 Å². The summed E-state index contributed by atoms with van der Waals surface area (Å²) >= 11 is 1.13. The van der Waals surface area contributed by atoms with Crippen LogP contribution >= 0.6 is 11.3 Å².